The Morgan fingerprint density at radius 2 is 1.78 bits per heavy atom. The quantitative estimate of drug-likeness (QED) is 0.892. The van der Waals surface area contributed by atoms with Crippen molar-refractivity contribution in [2.24, 2.45) is 0 Å². The Balaban J connectivity index is 2.52. The second kappa shape index (κ2) is 5.53. The number of hydrogen-bond donors (Lipinski definition) is 1. The van der Waals surface area contributed by atoms with E-state index in [0.717, 1.165) is 30.0 Å². The zero-order chi connectivity index (χ0) is 13.0. The molecule has 5 heteroatoms. The van der Waals surface area contributed by atoms with Crippen LogP contribution in [-0.4, -0.2) is 26.5 Å². The lowest BCUT2D eigenvalue weighted by molar-refractivity contribution is 0.954. The maximum atomic E-state index is 4.53. The number of aryl methyl sites for hydroxylation is 1. The van der Waals surface area contributed by atoms with Crippen molar-refractivity contribution in [1.29, 1.82) is 0 Å². The average Bonchev–Trinajstić information content (AvgIpc) is 2.42. The molecule has 0 unspecified atom stereocenters. The van der Waals surface area contributed by atoms with Gasteiger partial charge in [-0.3, -0.25) is 0 Å². The Morgan fingerprint density at radius 3 is 2.39 bits per heavy atom. The van der Waals surface area contributed by atoms with Gasteiger partial charge in [0.05, 0.1) is 0 Å². The van der Waals surface area contributed by atoms with E-state index in [-0.39, 0.29) is 0 Å². The Kier molecular flexibility index (Phi) is 3.82. The molecule has 2 aromatic heterocycles. The van der Waals surface area contributed by atoms with Crippen molar-refractivity contribution in [3.8, 4) is 11.6 Å². The second-order valence-electron chi connectivity index (χ2n) is 3.92. The van der Waals surface area contributed by atoms with E-state index in [1.54, 1.807) is 18.5 Å². The fraction of sp³-hybridized carbons (Fsp3) is 0.385. The molecule has 18 heavy (non-hydrogen) atoms. The van der Waals surface area contributed by atoms with E-state index >= 15 is 0 Å². The summed E-state index contributed by atoms with van der Waals surface area (Å²) in [4.78, 5) is 17.4. The number of anilines is 1. The molecule has 0 aliphatic carbocycles. The van der Waals surface area contributed by atoms with Crippen LogP contribution < -0.4 is 5.32 Å². The van der Waals surface area contributed by atoms with Crippen LogP contribution in [0.25, 0.3) is 11.6 Å². The van der Waals surface area contributed by atoms with Gasteiger partial charge in [0.15, 0.2) is 11.6 Å². The van der Waals surface area contributed by atoms with Crippen LogP contribution in [0.3, 0.4) is 0 Å². The zero-order valence-electron chi connectivity index (χ0n) is 10.9. The number of aromatic nitrogens is 4. The molecule has 0 saturated heterocycles. The van der Waals surface area contributed by atoms with Crippen LogP contribution in [-0.2, 0) is 6.42 Å². The highest BCUT2D eigenvalue weighted by Gasteiger charge is 2.11. The minimum atomic E-state index is 0.561. The molecule has 0 aromatic carbocycles. The maximum Gasteiger partial charge on any atom is 0.199 e. The summed E-state index contributed by atoms with van der Waals surface area (Å²) < 4.78 is 0. The third-order valence-electron chi connectivity index (χ3n) is 2.69. The predicted octanol–water partition coefficient (Wildman–Crippen LogP) is 2.24. The molecule has 2 rings (SSSR count). The van der Waals surface area contributed by atoms with Gasteiger partial charge in [0, 0.05) is 30.2 Å². The molecule has 2 aromatic rings. The highest BCUT2D eigenvalue weighted by atomic mass is 15.1. The van der Waals surface area contributed by atoms with Crippen LogP contribution in [0.15, 0.2) is 18.5 Å². The Morgan fingerprint density at radius 1 is 1.06 bits per heavy atom. The molecule has 0 fully saturated rings. The first kappa shape index (κ1) is 12.4. The lowest BCUT2D eigenvalue weighted by atomic mass is 10.2. The van der Waals surface area contributed by atoms with Crippen molar-refractivity contribution in [1.82, 2.24) is 19.9 Å². The van der Waals surface area contributed by atoms with E-state index in [2.05, 4.69) is 32.2 Å². The summed E-state index contributed by atoms with van der Waals surface area (Å²) in [6.07, 6.45) is 4.26. The van der Waals surface area contributed by atoms with Gasteiger partial charge in [-0.05, 0) is 26.3 Å². The maximum absolute atomic E-state index is 4.53. The third kappa shape index (κ3) is 2.45. The van der Waals surface area contributed by atoms with E-state index in [4.69, 9.17) is 0 Å². The van der Waals surface area contributed by atoms with Crippen molar-refractivity contribution in [2.45, 2.75) is 27.2 Å². The summed E-state index contributed by atoms with van der Waals surface area (Å²) in [7, 11) is 0. The molecule has 0 atom stereocenters. The van der Waals surface area contributed by atoms with Gasteiger partial charge in [-0.25, -0.2) is 19.9 Å². The van der Waals surface area contributed by atoms with E-state index in [1.165, 1.54) is 0 Å². The minimum absolute atomic E-state index is 0.561. The van der Waals surface area contributed by atoms with Crippen LogP contribution in [0, 0.1) is 6.92 Å². The van der Waals surface area contributed by atoms with Crippen LogP contribution in [0.1, 0.15) is 25.1 Å². The molecule has 94 valence electrons. The summed E-state index contributed by atoms with van der Waals surface area (Å²) in [6, 6.07) is 1.78. The average molecular weight is 243 g/mol. The summed E-state index contributed by atoms with van der Waals surface area (Å²) >= 11 is 0. The van der Waals surface area contributed by atoms with Crippen LogP contribution in [0.2, 0.25) is 0 Å². The van der Waals surface area contributed by atoms with Crippen molar-refractivity contribution >= 4 is 5.82 Å². The SMILES string of the molecule is CCNc1nc(-c2ncccn2)nc(CC)c1C. The van der Waals surface area contributed by atoms with Gasteiger partial charge in [0.2, 0.25) is 0 Å². The van der Waals surface area contributed by atoms with Crippen molar-refractivity contribution < 1.29 is 0 Å². The lowest BCUT2D eigenvalue weighted by Crippen LogP contribution is -2.08. The van der Waals surface area contributed by atoms with Crippen LogP contribution in [0.4, 0.5) is 5.82 Å². The summed E-state index contributed by atoms with van der Waals surface area (Å²) in [5.74, 6) is 2.01. The topological polar surface area (TPSA) is 63.6 Å². The molecule has 2 heterocycles. The monoisotopic (exact) mass is 243 g/mol. The number of nitrogens with one attached hydrogen (secondary N) is 1. The number of hydrogen-bond acceptors (Lipinski definition) is 5. The molecule has 5 nitrogen and oxygen atoms in total. The van der Waals surface area contributed by atoms with E-state index < -0.39 is 0 Å². The Labute approximate surface area is 107 Å². The Bertz CT molecular complexity index is 524. The molecule has 0 aliphatic heterocycles. The van der Waals surface area contributed by atoms with E-state index in [0.29, 0.717) is 11.6 Å². The molecule has 0 aliphatic rings. The molecular formula is C13H17N5. The number of rotatable bonds is 4. The molecule has 1 N–H and O–H groups in total. The van der Waals surface area contributed by atoms with Gasteiger partial charge in [0.1, 0.15) is 5.82 Å². The largest absolute Gasteiger partial charge is 0.370 e. The lowest BCUT2D eigenvalue weighted by Gasteiger charge is -2.11. The Hall–Kier alpha value is -2.04. The minimum Gasteiger partial charge on any atom is -0.370 e. The van der Waals surface area contributed by atoms with Gasteiger partial charge in [0.25, 0.3) is 0 Å². The highest BCUT2D eigenvalue weighted by molar-refractivity contribution is 5.53. The summed E-state index contributed by atoms with van der Waals surface area (Å²) in [5.41, 5.74) is 2.13. The van der Waals surface area contributed by atoms with Gasteiger partial charge in [-0.1, -0.05) is 6.92 Å². The first-order chi connectivity index (χ1) is 8.76. The highest BCUT2D eigenvalue weighted by Crippen LogP contribution is 2.19. The molecule has 0 bridgehead atoms. The van der Waals surface area contributed by atoms with Crippen LogP contribution >= 0.6 is 0 Å². The fourth-order valence-corrected chi connectivity index (χ4v) is 1.76. The van der Waals surface area contributed by atoms with Gasteiger partial charge < -0.3 is 5.32 Å². The normalized spacial score (nSPS) is 10.4. The van der Waals surface area contributed by atoms with E-state index in [9.17, 15) is 0 Å². The molecular weight excluding hydrogens is 226 g/mol. The van der Waals surface area contributed by atoms with E-state index in [1.807, 2.05) is 13.8 Å². The first-order valence-corrected chi connectivity index (χ1v) is 6.15. The van der Waals surface area contributed by atoms with Crippen molar-refractivity contribution in [2.75, 3.05) is 11.9 Å². The summed E-state index contributed by atoms with van der Waals surface area (Å²) in [6.45, 7) is 7.00. The fourth-order valence-electron chi connectivity index (χ4n) is 1.76. The van der Waals surface area contributed by atoms with Gasteiger partial charge in [-0.2, -0.15) is 0 Å². The van der Waals surface area contributed by atoms with Crippen molar-refractivity contribution in [3.63, 3.8) is 0 Å². The molecule has 0 spiro atoms. The van der Waals surface area contributed by atoms with Crippen molar-refractivity contribution in [3.05, 3.63) is 29.7 Å². The van der Waals surface area contributed by atoms with Gasteiger partial charge >= 0.3 is 0 Å². The standard InChI is InChI=1S/C13H17N5/c1-4-10-9(3)11(14-5-2)18-13(17-10)12-15-7-6-8-16-12/h6-8H,4-5H2,1-3H3,(H,14,17,18). The molecule has 0 radical (unpaired) electrons. The number of nitrogens with zero attached hydrogens (tertiary/aromatic N) is 4. The summed E-state index contributed by atoms with van der Waals surface area (Å²) in [5, 5.41) is 3.25. The first-order valence-electron chi connectivity index (χ1n) is 6.15. The zero-order valence-corrected chi connectivity index (χ0v) is 10.9. The predicted molar refractivity (Wildman–Crippen MR) is 71.3 cm³/mol. The smallest absolute Gasteiger partial charge is 0.199 e. The molecule has 0 saturated carbocycles. The molecule has 0 amide bonds. The second-order valence-corrected chi connectivity index (χ2v) is 3.92. The van der Waals surface area contributed by atoms with Gasteiger partial charge in [-0.15, -0.1) is 0 Å². The van der Waals surface area contributed by atoms with Crippen LogP contribution in [0.5, 0.6) is 0 Å². The third-order valence-corrected chi connectivity index (χ3v) is 2.69.